The van der Waals surface area contributed by atoms with Crippen molar-refractivity contribution in [2.45, 2.75) is 120 Å². The van der Waals surface area contributed by atoms with Crippen LogP contribution in [-0.2, 0) is 66.7 Å². The van der Waals surface area contributed by atoms with Gasteiger partial charge in [-0.25, -0.2) is 4.79 Å². The molecule has 0 aliphatic heterocycles. The SMILES string of the molecule is CC(=O)OCC1=C[C@H](OC(C)=O)[C@]2(C)C[C@H](OC(C)=O)C(C)=C([C@@H](OC(C)=O)/C(OC(C)=O)=C(/C)[C@@H](OC(C)=O)C[C@@H]1OC(=O)/C=C/c1ccccc1)C2(C)C. The van der Waals surface area contributed by atoms with E-state index in [0.29, 0.717) is 16.7 Å². The average Bonchev–Trinajstić information content (AvgIpc) is 3.07. The van der Waals surface area contributed by atoms with E-state index < -0.39 is 89.7 Å². The van der Waals surface area contributed by atoms with Crippen molar-refractivity contribution >= 4 is 47.9 Å². The van der Waals surface area contributed by atoms with Gasteiger partial charge in [0.2, 0.25) is 0 Å². The van der Waals surface area contributed by atoms with Crippen LogP contribution in [0.3, 0.4) is 0 Å². The van der Waals surface area contributed by atoms with E-state index in [0.717, 1.165) is 13.8 Å². The third kappa shape index (κ3) is 11.3. The minimum absolute atomic E-state index is 0.0585. The van der Waals surface area contributed by atoms with Crippen LogP contribution in [0.15, 0.2) is 70.5 Å². The molecule has 2 aliphatic carbocycles. The molecule has 0 unspecified atom stereocenters. The maximum atomic E-state index is 13.6. The number of carbonyl (C=O) groups excluding carboxylic acids is 7. The van der Waals surface area contributed by atoms with Crippen molar-refractivity contribution in [3.05, 3.63) is 76.1 Å². The Bertz CT molecular complexity index is 1830. The highest BCUT2D eigenvalue weighted by Crippen LogP contribution is 2.59. The van der Waals surface area contributed by atoms with E-state index in [1.165, 1.54) is 52.8 Å². The first kappa shape index (κ1) is 44.9. The van der Waals surface area contributed by atoms with Crippen molar-refractivity contribution in [1.82, 2.24) is 0 Å². The van der Waals surface area contributed by atoms with Crippen molar-refractivity contribution in [2.75, 3.05) is 6.61 Å². The summed E-state index contributed by atoms with van der Waals surface area (Å²) in [7, 11) is 0. The molecule has 0 fully saturated rings. The average molecular weight is 781 g/mol. The highest BCUT2D eigenvalue weighted by molar-refractivity contribution is 5.87. The van der Waals surface area contributed by atoms with Gasteiger partial charge in [0.1, 0.15) is 31.0 Å². The third-order valence-corrected chi connectivity index (χ3v) is 10.2. The van der Waals surface area contributed by atoms with Gasteiger partial charge < -0.3 is 33.2 Å². The summed E-state index contributed by atoms with van der Waals surface area (Å²) in [6, 6.07) is 8.94. The maximum Gasteiger partial charge on any atom is 0.331 e. The molecule has 3 rings (SSSR count). The van der Waals surface area contributed by atoms with Gasteiger partial charge in [-0.3, -0.25) is 28.8 Å². The van der Waals surface area contributed by atoms with Crippen molar-refractivity contribution in [2.24, 2.45) is 10.8 Å². The Kier molecular flexibility index (Phi) is 15.1. The fourth-order valence-corrected chi connectivity index (χ4v) is 7.21. The Labute approximate surface area is 327 Å². The van der Waals surface area contributed by atoms with Gasteiger partial charge in [0.25, 0.3) is 0 Å². The van der Waals surface area contributed by atoms with Gasteiger partial charge in [-0.2, -0.15) is 0 Å². The predicted octanol–water partition coefficient (Wildman–Crippen LogP) is 5.82. The van der Waals surface area contributed by atoms with Crippen LogP contribution >= 0.6 is 0 Å². The lowest BCUT2D eigenvalue weighted by molar-refractivity contribution is -0.164. The summed E-state index contributed by atoms with van der Waals surface area (Å²) >= 11 is 0. The van der Waals surface area contributed by atoms with E-state index in [9.17, 15) is 33.6 Å². The molecule has 0 saturated heterocycles. The fraction of sp³-hybridized carbons (Fsp3) is 0.500. The summed E-state index contributed by atoms with van der Waals surface area (Å²) in [4.78, 5) is 90.0. The Balaban J connectivity index is 2.57. The number of carbonyl (C=O) groups is 7. The van der Waals surface area contributed by atoms with Crippen molar-refractivity contribution in [3.63, 3.8) is 0 Å². The van der Waals surface area contributed by atoms with Gasteiger partial charge in [0.05, 0.1) is 0 Å². The molecule has 304 valence electrons. The van der Waals surface area contributed by atoms with Gasteiger partial charge in [-0.05, 0) is 54.5 Å². The van der Waals surface area contributed by atoms with E-state index in [1.807, 2.05) is 19.9 Å². The topological polar surface area (TPSA) is 184 Å². The van der Waals surface area contributed by atoms with Gasteiger partial charge in [0, 0.05) is 70.6 Å². The molecule has 0 N–H and O–H groups in total. The minimum atomic E-state index is -1.47. The second kappa shape index (κ2) is 18.9. The maximum absolute atomic E-state index is 13.6. The second-order valence-electron chi connectivity index (χ2n) is 14.6. The van der Waals surface area contributed by atoms with Crippen LogP contribution in [0.1, 0.15) is 94.6 Å². The molecule has 56 heavy (non-hydrogen) atoms. The van der Waals surface area contributed by atoms with Crippen LogP contribution in [0.5, 0.6) is 0 Å². The van der Waals surface area contributed by atoms with Crippen molar-refractivity contribution in [3.8, 4) is 0 Å². The summed E-state index contributed by atoms with van der Waals surface area (Å²) in [6.45, 7) is 15.2. The van der Waals surface area contributed by atoms with Crippen LogP contribution in [0.4, 0.5) is 0 Å². The van der Waals surface area contributed by atoms with E-state index in [1.54, 1.807) is 38.1 Å². The van der Waals surface area contributed by atoms with E-state index in [4.69, 9.17) is 33.2 Å². The first-order chi connectivity index (χ1) is 26.1. The fourth-order valence-electron chi connectivity index (χ4n) is 7.21. The normalized spacial score (nSPS) is 26.3. The zero-order chi connectivity index (χ0) is 42.1. The Morgan fingerprint density at radius 3 is 1.79 bits per heavy atom. The van der Waals surface area contributed by atoms with Gasteiger partial charge in [0.15, 0.2) is 11.9 Å². The van der Waals surface area contributed by atoms with Crippen molar-refractivity contribution < 1.29 is 66.7 Å². The predicted molar refractivity (Wildman–Crippen MR) is 201 cm³/mol. The molecule has 0 saturated carbocycles. The van der Waals surface area contributed by atoms with Crippen LogP contribution < -0.4 is 0 Å². The van der Waals surface area contributed by atoms with E-state index >= 15 is 0 Å². The highest BCUT2D eigenvalue weighted by atomic mass is 16.6. The monoisotopic (exact) mass is 780 g/mol. The second-order valence-corrected chi connectivity index (χ2v) is 14.6. The lowest BCUT2D eigenvalue weighted by atomic mass is 9.52. The first-order valence-corrected chi connectivity index (χ1v) is 18.1. The smallest absolute Gasteiger partial charge is 0.331 e. The lowest BCUT2D eigenvalue weighted by Crippen LogP contribution is -2.55. The molecule has 6 atom stereocenters. The van der Waals surface area contributed by atoms with Crippen LogP contribution in [-0.4, -0.2) is 78.9 Å². The molecule has 2 aliphatic rings. The molecule has 2 bridgehead atoms. The molecule has 1 aromatic rings. The quantitative estimate of drug-likeness (QED) is 0.120. The zero-order valence-corrected chi connectivity index (χ0v) is 33.8. The molecular formula is C42H52O14. The minimum Gasteiger partial charge on any atom is -0.461 e. The molecule has 0 amide bonds. The third-order valence-electron chi connectivity index (χ3n) is 10.2. The Morgan fingerprint density at radius 1 is 0.679 bits per heavy atom. The largest absolute Gasteiger partial charge is 0.461 e. The highest BCUT2D eigenvalue weighted by Gasteiger charge is 2.58. The summed E-state index contributed by atoms with van der Waals surface area (Å²) < 4.78 is 41.1. The standard InChI is InChI=1S/C42H52O14/c1-23-35(52-27(5)45)21-42(11)36(53-28(6)46)19-32(22-50-25(3)43)34(56-37(49)18-17-31-15-13-12-14-16-31)20-33(51-26(4)44)24(2)39(54-29(7)47)40(55-30(8)48)38(23)41(42,9)10/h12-19,33-36,40H,20-22H2,1-11H3/b18-17+,32-19?,39-24+/t33-,34-,35-,36-,40+,42-/m0/s1. The first-order valence-electron chi connectivity index (χ1n) is 18.1. The zero-order valence-electron chi connectivity index (χ0n) is 33.8. The van der Waals surface area contributed by atoms with Crippen LogP contribution in [0.25, 0.3) is 6.08 Å². The van der Waals surface area contributed by atoms with E-state index in [2.05, 4.69) is 0 Å². The van der Waals surface area contributed by atoms with Gasteiger partial charge >= 0.3 is 41.8 Å². The summed E-state index contributed by atoms with van der Waals surface area (Å²) in [5.74, 6) is -5.39. The van der Waals surface area contributed by atoms with Crippen LogP contribution in [0.2, 0.25) is 0 Å². The number of esters is 7. The summed E-state index contributed by atoms with van der Waals surface area (Å²) in [6.07, 6.45) is -2.38. The molecular weight excluding hydrogens is 728 g/mol. The number of hydrogen-bond acceptors (Lipinski definition) is 14. The van der Waals surface area contributed by atoms with Gasteiger partial charge in [-0.15, -0.1) is 0 Å². The molecule has 0 heterocycles. The number of fused-ring (bicyclic) bond motifs is 2. The number of hydrogen-bond donors (Lipinski definition) is 0. The van der Waals surface area contributed by atoms with Gasteiger partial charge in [-0.1, -0.05) is 51.1 Å². The molecule has 0 aromatic heterocycles. The number of rotatable bonds is 10. The lowest BCUT2D eigenvalue weighted by Gasteiger charge is -2.55. The summed E-state index contributed by atoms with van der Waals surface area (Å²) in [5, 5.41) is 0. The number of ether oxygens (including phenoxy) is 7. The molecule has 0 radical (unpaired) electrons. The van der Waals surface area contributed by atoms with Crippen LogP contribution in [0, 0.1) is 10.8 Å². The molecule has 1 aromatic carbocycles. The Hall–Kier alpha value is -5.53. The van der Waals surface area contributed by atoms with E-state index in [-0.39, 0.29) is 29.7 Å². The molecule has 14 nitrogen and oxygen atoms in total. The molecule has 0 spiro atoms. The van der Waals surface area contributed by atoms with Crippen molar-refractivity contribution in [1.29, 1.82) is 0 Å². The summed E-state index contributed by atoms with van der Waals surface area (Å²) in [5.41, 5.74) is -0.650. The number of benzene rings is 1. The Morgan fingerprint density at radius 2 is 1.25 bits per heavy atom. The molecule has 14 heteroatoms.